The predicted octanol–water partition coefficient (Wildman–Crippen LogP) is 2.96. The summed E-state index contributed by atoms with van der Waals surface area (Å²) in [5.41, 5.74) is 8.01. The molecule has 2 aromatic carbocycles. The van der Waals surface area contributed by atoms with Crippen LogP contribution in [-0.2, 0) is 0 Å². The number of imidazole rings is 1. The second-order valence-corrected chi connectivity index (χ2v) is 7.62. The van der Waals surface area contributed by atoms with Gasteiger partial charge in [-0.3, -0.25) is 9.88 Å². The molecule has 0 saturated carbocycles. The van der Waals surface area contributed by atoms with Crippen LogP contribution in [0.25, 0.3) is 11.0 Å². The molecule has 0 radical (unpaired) electrons. The molecule has 2 aliphatic heterocycles. The van der Waals surface area contributed by atoms with Gasteiger partial charge < -0.3 is 25.1 Å². The second-order valence-electron chi connectivity index (χ2n) is 6.70. The fourth-order valence-electron chi connectivity index (χ4n) is 3.58. The van der Waals surface area contributed by atoms with Gasteiger partial charge in [0.2, 0.25) is 5.95 Å². The van der Waals surface area contributed by atoms with Crippen LogP contribution in [-0.4, -0.2) is 40.9 Å². The Bertz CT molecular complexity index is 1160. The third kappa shape index (κ3) is 2.91. The van der Waals surface area contributed by atoms with Gasteiger partial charge in [0.15, 0.2) is 35.1 Å². The molecule has 0 spiro atoms. The first-order valence-corrected chi connectivity index (χ1v) is 9.82. The summed E-state index contributed by atoms with van der Waals surface area (Å²) in [5, 5.41) is 13.7. The zero-order valence-electron chi connectivity index (χ0n) is 15.5. The zero-order valence-corrected chi connectivity index (χ0v) is 17.1. The Balaban J connectivity index is 1.74. The molecule has 0 saturated heterocycles. The van der Waals surface area contributed by atoms with Gasteiger partial charge in [0, 0.05) is 28.6 Å². The number of benzene rings is 2. The number of nitrogens with zero attached hydrogens (tertiary/aromatic N) is 3. The number of rotatable bonds is 2. The summed E-state index contributed by atoms with van der Waals surface area (Å²) in [4.78, 5) is 9.17. The van der Waals surface area contributed by atoms with Crippen molar-refractivity contribution in [1.82, 2.24) is 9.55 Å². The summed E-state index contributed by atoms with van der Waals surface area (Å²) in [7, 11) is 1.50. The molecule has 0 aliphatic carbocycles. The number of halogens is 1. The van der Waals surface area contributed by atoms with Gasteiger partial charge >= 0.3 is 0 Å². The van der Waals surface area contributed by atoms with Crippen molar-refractivity contribution in [2.75, 3.05) is 25.6 Å². The summed E-state index contributed by atoms with van der Waals surface area (Å²) < 4.78 is 19.5. The van der Waals surface area contributed by atoms with Crippen molar-refractivity contribution in [2.24, 2.45) is 10.7 Å². The van der Waals surface area contributed by atoms with Crippen LogP contribution in [0.2, 0.25) is 0 Å². The Morgan fingerprint density at radius 1 is 1.24 bits per heavy atom. The number of anilines is 1. The number of aromatic hydroxyl groups is 1. The molecular weight excluding hydrogens is 442 g/mol. The number of nitrogens with one attached hydrogen (secondary N) is 1. The lowest BCUT2D eigenvalue weighted by Gasteiger charge is -2.25. The minimum atomic E-state index is -0.646. The van der Waals surface area contributed by atoms with Crippen LogP contribution in [0.5, 0.6) is 23.0 Å². The highest BCUT2D eigenvalue weighted by Crippen LogP contribution is 2.43. The third-order valence-electron chi connectivity index (χ3n) is 4.87. The summed E-state index contributed by atoms with van der Waals surface area (Å²) in [6, 6.07) is 7.19. The standard InChI is InChI=1S/C19H18BrN5O4/c1-27-15-6-9(20)5-10(16(15)26)17-23-18(21)24-19-22-11-7-13-14(8-12(11)25(17)19)29-4-2-3-28-13/h5-8,17,26H,2-4H2,1H3,(H3,21,22,23,24)/t17-/m1/s1. The van der Waals surface area contributed by atoms with Crippen LogP contribution in [0.4, 0.5) is 5.95 Å². The van der Waals surface area contributed by atoms with E-state index in [0.29, 0.717) is 47.5 Å². The van der Waals surface area contributed by atoms with Crippen LogP contribution in [0.1, 0.15) is 18.2 Å². The Kier molecular flexibility index (Phi) is 4.16. The number of hydrogen-bond donors (Lipinski definition) is 3. The van der Waals surface area contributed by atoms with Gasteiger partial charge in [0.25, 0.3) is 0 Å². The van der Waals surface area contributed by atoms with Gasteiger partial charge in [-0.1, -0.05) is 15.9 Å². The molecule has 3 aromatic rings. The van der Waals surface area contributed by atoms with E-state index in [1.165, 1.54) is 7.11 Å². The van der Waals surface area contributed by atoms with Crippen LogP contribution in [0.15, 0.2) is 33.7 Å². The molecule has 5 rings (SSSR count). The molecule has 0 unspecified atom stereocenters. The van der Waals surface area contributed by atoms with Crippen molar-refractivity contribution in [2.45, 2.75) is 12.6 Å². The van der Waals surface area contributed by atoms with Crippen LogP contribution >= 0.6 is 15.9 Å². The lowest BCUT2D eigenvalue weighted by atomic mass is 10.1. The maximum Gasteiger partial charge on any atom is 0.212 e. The molecule has 1 atom stereocenters. The minimum Gasteiger partial charge on any atom is -0.504 e. The van der Waals surface area contributed by atoms with Crippen molar-refractivity contribution in [3.05, 3.63) is 34.3 Å². The quantitative estimate of drug-likeness (QED) is 0.539. The van der Waals surface area contributed by atoms with E-state index in [9.17, 15) is 5.11 Å². The SMILES string of the molecule is COc1cc(Br)cc([C@@H]2N=C(N)Nc3nc4cc5c(cc4n32)OCCCO5)c1O. The van der Waals surface area contributed by atoms with Gasteiger partial charge in [-0.25, -0.2) is 9.98 Å². The van der Waals surface area contributed by atoms with Crippen molar-refractivity contribution in [3.8, 4) is 23.0 Å². The molecule has 0 fully saturated rings. The zero-order chi connectivity index (χ0) is 20.1. The van der Waals surface area contributed by atoms with Crippen LogP contribution < -0.4 is 25.3 Å². The van der Waals surface area contributed by atoms with E-state index in [2.05, 4.69) is 31.2 Å². The lowest BCUT2D eigenvalue weighted by Crippen LogP contribution is -2.31. The summed E-state index contributed by atoms with van der Waals surface area (Å²) in [5.74, 6) is 2.33. The number of aliphatic imine (C=N–C) groups is 1. The number of hydrogen-bond acceptors (Lipinski definition) is 8. The largest absolute Gasteiger partial charge is 0.504 e. The number of ether oxygens (including phenoxy) is 3. The lowest BCUT2D eigenvalue weighted by molar-refractivity contribution is 0.297. The average Bonchev–Trinajstić information content (AvgIpc) is 2.88. The molecule has 3 heterocycles. The monoisotopic (exact) mass is 459 g/mol. The maximum absolute atomic E-state index is 10.8. The smallest absolute Gasteiger partial charge is 0.212 e. The van der Waals surface area contributed by atoms with E-state index in [0.717, 1.165) is 16.4 Å². The molecule has 10 heteroatoms. The van der Waals surface area contributed by atoms with Gasteiger partial charge in [-0.2, -0.15) is 0 Å². The Labute approximate surface area is 174 Å². The molecule has 9 nitrogen and oxygen atoms in total. The van der Waals surface area contributed by atoms with E-state index in [1.54, 1.807) is 12.1 Å². The van der Waals surface area contributed by atoms with Crippen molar-refractivity contribution < 1.29 is 19.3 Å². The first kappa shape index (κ1) is 17.9. The van der Waals surface area contributed by atoms with E-state index < -0.39 is 6.17 Å². The van der Waals surface area contributed by atoms with Gasteiger partial charge in [0.1, 0.15) is 0 Å². The van der Waals surface area contributed by atoms with Gasteiger partial charge in [-0.05, 0) is 12.1 Å². The molecule has 2 aliphatic rings. The number of fused-ring (bicyclic) bond motifs is 4. The highest BCUT2D eigenvalue weighted by Gasteiger charge is 2.29. The van der Waals surface area contributed by atoms with Crippen molar-refractivity contribution in [1.29, 1.82) is 0 Å². The van der Waals surface area contributed by atoms with E-state index in [4.69, 9.17) is 19.9 Å². The van der Waals surface area contributed by atoms with E-state index in [-0.39, 0.29) is 11.7 Å². The number of methoxy groups -OCH3 is 1. The Morgan fingerprint density at radius 2 is 2.00 bits per heavy atom. The molecule has 0 amide bonds. The third-order valence-corrected chi connectivity index (χ3v) is 5.33. The Hall–Kier alpha value is -3.14. The molecule has 150 valence electrons. The highest BCUT2D eigenvalue weighted by molar-refractivity contribution is 9.10. The number of aromatic nitrogens is 2. The number of guanidine groups is 1. The average molecular weight is 460 g/mol. The van der Waals surface area contributed by atoms with Crippen LogP contribution in [0.3, 0.4) is 0 Å². The van der Waals surface area contributed by atoms with Crippen molar-refractivity contribution in [3.63, 3.8) is 0 Å². The number of phenols is 1. The summed E-state index contributed by atoms with van der Waals surface area (Å²) in [6.45, 7) is 1.17. The summed E-state index contributed by atoms with van der Waals surface area (Å²) >= 11 is 3.46. The molecule has 29 heavy (non-hydrogen) atoms. The molecule has 1 aromatic heterocycles. The first-order chi connectivity index (χ1) is 14.0. The van der Waals surface area contributed by atoms with Gasteiger partial charge in [-0.15, -0.1) is 0 Å². The van der Waals surface area contributed by atoms with E-state index >= 15 is 0 Å². The molecule has 0 bridgehead atoms. The maximum atomic E-state index is 10.8. The second kappa shape index (κ2) is 6.73. The van der Waals surface area contributed by atoms with E-state index in [1.807, 2.05) is 16.7 Å². The Morgan fingerprint density at radius 3 is 2.76 bits per heavy atom. The van der Waals surface area contributed by atoms with Crippen LogP contribution in [0, 0.1) is 0 Å². The first-order valence-electron chi connectivity index (χ1n) is 9.03. The fourth-order valence-corrected chi connectivity index (χ4v) is 4.03. The molecular formula is C19H18BrN5O4. The number of phenolic OH excluding ortho intramolecular Hbond substituents is 1. The summed E-state index contributed by atoms with van der Waals surface area (Å²) in [6.07, 6.45) is 0.168. The van der Waals surface area contributed by atoms with Crippen molar-refractivity contribution >= 4 is 38.9 Å². The fraction of sp³-hybridized carbons (Fsp3) is 0.263. The minimum absolute atomic E-state index is 0.0127. The molecule has 4 N–H and O–H groups in total. The topological polar surface area (TPSA) is 116 Å². The normalized spacial score (nSPS) is 17.9. The van der Waals surface area contributed by atoms with Gasteiger partial charge in [0.05, 0.1) is 31.4 Å². The number of nitrogens with two attached hydrogens (primary N) is 1. The predicted molar refractivity (Wildman–Crippen MR) is 111 cm³/mol. The highest BCUT2D eigenvalue weighted by atomic mass is 79.9.